The molecule has 2 atom stereocenters. The minimum atomic E-state index is -0.648. The van der Waals surface area contributed by atoms with Crippen LogP contribution in [0.4, 0.5) is 0 Å². The van der Waals surface area contributed by atoms with E-state index in [1.54, 1.807) is 13.8 Å². The fourth-order valence-corrected chi connectivity index (χ4v) is 3.80. The van der Waals surface area contributed by atoms with Crippen molar-refractivity contribution in [2.45, 2.75) is 29.6 Å². The van der Waals surface area contributed by atoms with Gasteiger partial charge in [-0.1, -0.05) is 80.4 Å². The number of hydrogen-bond donors (Lipinski definition) is 0. The van der Waals surface area contributed by atoms with Gasteiger partial charge in [-0.25, -0.2) is 4.79 Å². The van der Waals surface area contributed by atoms with E-state index in [1.165, 1.54) is 18.2 Å². The summed E-state index contributed by atoms with van der Waals surface area (Å²) < 4.78 is 16.6. The maximum atomic E-state index is 13.2. The first kappa shape index (κ1) is 24.2. The molecule has 2 unspecified atom stereocenters. The fraction of sp³-hybridized carbons (Fsp3) is 0.192. The minimum absolute atomic E-state index is 0.0583. The molecule has 0 fully saturated rings. The van der Waals surface area contributed by atoms with Crippen LogP contribution in [0, 0.1) is 0 Å². The molecule has 3 aromatic rings. The molecule has 0 aromatic heterocycles. The van der Waals surface area contributed by atoms with Crippen LogP contribution >= 0.6 is 31.9 Å². The highest BCUT2D eigenvalue weighted by Crippen LogP contribution is 2.45. The van der Waals surface area contributed by atoms with Gasteiger partial charge in [0.1, 0.15) is 21.2 Å². The van der Waals surface area contributed by atoms with Crippen molar-refractivity contribution in [1.29, 1.82) is 0 Å². The molecule has 0 amide bonds. The number of fused-ring (bicyclic) bond motifs is 3. The molecule has 4 rings (SSSR count). The normalized spacial score (nSPS) is 13.9. The van der Waals surface area contributed by atoms with Crippen molar-refractivity contribution in [3.05, 3.63) is 83.4 Å². The van der Waals surface area contributed by atoms with Gasteiger partial charge in [-0.15, -0.1) is 0 Å². The second-order valence-corrected chi connectivity index (χ2v) is 10.5. The number of esters is 3. The Morgan fingerprint density at radius 2 is 1.18 bits per heavy atom. The van der Waals surface area contributed by atoms with E-state index in [9.17, 15) is 14.4 Å². The van der Waals surface area contributed by atoms with Crippen LogP contribution in [0.1, 0.15) is 41.4 Å². The van der Waals surface area contributed by atoms with Gasteiger partial charge in [-0.3, -0.25) is 9.59 Å². The Kier molecular flexibility index (Phi) is 7.19. The molecule has 0 aliphatic heterocycles. The first-order valence-corrected chi connectivity index (χ1v) is 12.3. The van der Waals surface area contributed by atoms with Crippen molar-refractivity contribution < 1.29 is 28.6 Å². The van der Waals surface area contributed by atoms with Gasteiger partial charge in [0.25, 0.3) is 0 Å². The van der Waals surface area contributed by atoms with E-state index in [-0.39, 0.29) is 17.1 Å². The maximum Gasteiger partial charge on any atom is 0.339 e. The molecule has 0 spiro atoms. The number of ether oxygens (including phenoxy) is 3. The number of carbonyl (C=O) groups is 3. The van der Waals surface area contributed by atoms with Gasteiger partial charge in [-0.2, -0.15) is 0 Å². The van der Waals surface area contributed by atoms with Crippen LogP contribution in [-0.2, 0) is 14.3 Å². The highest BCUT2D eigenvalue weighted by molar-refractivity contribution is 9.10. The van der Waals surface area contributed by atoms with Crippen LogP contribution in [0.15, 0.2) is 66.7 Å². The average Bonchev–Trinajstić information content (AvgIpc) is 3.12. The number of hydrogen-bond acceptors (Lipinski definition) is 6. The summed E-state index contributed by atoms with van der Waals surface area (Å²) in [6.45, 7) is 3.23. The molecule has 0 saturated heterocycles. The molecule has 8 heteroatoms. The molecular formula is C26H20Br2O6. The maximum absolute atomic E-state index is 13.2. The van der Waals surface area contributed by atoms with E-state index in [4.69, 9.17) is 14.2 Å². The summed E-state index contributed by atoms with van der Waals surface area (Å²) in [5.74, 6) is -1.65. The summed E-state index contributed by atoms with van der Waals surface area (Å²) in [6, 6.07) is 19.6. The molecular weight excluding hydrogens is 568 g/mol. The Hall–Kier alpha value is -2.97. The van der Waals surface area contributed by atoms with Crippen molar-refractivity contribution in [3.63, 3.8) is 0 Å². The minimum Gasteiger partial charge on any atom is -0.449 e. The second kappa shape index (κ2) is 10.1. The predicted molar refractivity (Wildman–Crippen MR) is 134 cm³/mol. The Labute approximate surface area is 213 Å². The van der Waals surface area contributed by atoms with Crippen LogP contribution in [-0.4, -0.2) is 27.6 Å². The van der Waals surface area contributed by atoms with E-state index in [0.29, 0.717) is 0 Å². The Bertz CT molecular complexity index is 1180. The molecule has 0 heterocycles. The summed E-state index contributed by atoms with van der Waals surface area (Å²) >= 11 is 6.31. The van der Waals surface area contributed by atoms with Crippen LogP contribution in [0.25, 0.3) is 11.1 Å². The average molecular weight is 588 g/mol. The number of rotatable bonds is 6. The molecule has 0 N–H and O–H groups in total. The van der Waals surface area contributed by atoms with Gasteiger partial charge in [0.15, 0.2) is 6.10 Å². The van der Waals surface area contributed by atoms with Crippen LogP contribution in [0.3, 0.4) is 0 Å². The molecule has 3 aromatic carbocycles. The zero-order chi connectivity index (χ0) is 24.4. The van der Waals surface area contributed by atoms with E-state index in [0.717, 1.165) is 22.3 Å². The SMILES string of the molecule is CC(Br)C(=O)Oc1cc(OC(=O)C(C)Br)cc(C(=O)OC2c3ccccc3-c3ccccc32)c1. The lowest BCUT2D eigenvalue weighted by Crippen LogP contribution is -2.19. The molecule has 34 heavy (non-hydrogen) atoms. The highest BCUT2D eigenvalue weighted by atomic mass is 79.9. The van der Waals surface area contributed by atoms with E-state index in [2.05, 4.69) is 31.9 Å². The Balaban J connectivity index is 1.67. The third-order valence-electron chi connectivity index (χ3n) is 5.20. The molecule has 174 valence electrons. The van der Waals surface area contributed by atoms with Crippen molar-refractivity contribution in [2.24, 2.45) is 0 Å². The summed E-state index contributed by atoms with van der Waals surface area (Å²) in [7, 11) is 0. The van der Waals surface area contributed by atoms with Crippen LogP contribution in [0.2, 0.25) is 0 Å². The van der Waals surface area contributed by atoms with Crippen molar-refractivity contribution in [2.75, 3.05) is 0 Å². The summed E-state index contributed by atoms with van der Waals surface area (Å²) in [5, 5.41) is 0. The van der Waals surface area contributed by atoms with Gasteiger partial charge in [0.05, 0.1) is 5.56 Å². The van der Waals surface area contributed by atoms with Gasteiger partial charge in [-0.05, 0) is 37.1 Å². The Morgan fingerprint density at radius 1 is 0.735 bits per heavy atom. The topological polar surface area (TPSA) is 78.9 Å². The fourth-order valence-electron chi connectivity index (χ4n) is 3.61. The first-order valence-electron chi connectivity index (χ1n) is 10.5. The van der Waals surface area contributed by atoms with Crippen LogP contribution < -0.4 is 9.47 Å². The third kappa shape index (κ3) is 5.08. The third-order valence-corrected chi connectivity index (χ3v) is 5.95. The highest BCUT2D eigenvalue weighted by Gasteiger charge is 2.31. The number of alkyl halides is 2. The standard InChI is InChI=1S/C26H20Br2O6/c1-14(27)24(29)32-17-11-16(12-18(13-17)33-25(30)15(2)28)26(31)34-23-21-9-5-3-7-19(21)20-8-4-6-10-22(20)23/h3-15,23H,1-2H3. The summed E-state index contributed by atoms with van der Waals surface area (Å²) in [4.78, 5) is 36.3. The molecule has 1 aliphatic rings. The van der Waals surface area contributed by atoms with Gasteiger partial charge >= 0.3 is 17.9 Å². The zero-order valence-electron chi connectivity index (χ0n) is 18.3. The molecule has 0 radical (unpaired) electrons. The van der Waals surface area contributed by atoms with E-state index in [1.807, 2.05) is 48.5 Å². The van der Waals surface area contributed by atoms with Crippen LogP contribution in [0.5, 0.6) is 11.5 Å². The lowest BCUT2D eigenvalue weighted by Gasteiger charge is -2.16. The summed E-state index contributed by atoms with van der Waals surface area (Å²) in [6.07, 6.45) is -0.595. The predicted octanol–water partition coefficient (Wildman–Crippen LogP) is 5.99. The lowest BCUT2D eigenvalue weighted by atomic mass is 10.1. The van der Waals surface area contributed by atoms with Gasteiger partial charge < -0.3 is 14.2 Å². The number of carbonyl (C=O) groups excluding carboxylic acids is 3. The van der Waals surface area contributed by atoms with Crippen molar-refractivity contribution in [1.82, 2.24) is 0 Å². The number of halogens is 2. The van der Waals surface area contributed by atoms with Crippen molar-refractivity contribution >= 4 is 49.8 Å². The number of benzene rings is 3. The second-order valence-electron chi connectivity index (χ2n) is 7.73. The van der Waals surface area contributed by atoms with Gasteiger partial charge in [0, 0.05) is 17.2 Å². The molecule has 6 nitrogen and oxygen atoms in total. The smallest absolute Gasteiger partial charge is 0.339 e. The Morgan fingerprint density at radius 3 is 1.62 bits per heavy atom. The van der Waals surface area contributed by atoms with E-state index < -0.39 is 33.7 Å². The molecule has 1 aliphatic carbocycles. The van der Waals surface area contributed by atoms with E-state index >= 15 is 0 Å². The summed E-state index contributed by atoms with van der Waals surface area (Å²) in [5.41, 5.74) is 3.86. The lowest BCUT2D eigenvalue weighted by molar-refractivity contribution is -0.133. The van der Waals surface area contributed by atoms with Crippen molar-refractivity contribution in [3.8, 4) is 22.6 Å². The zero-order valence-corrected chi connectivity index (χ0v) is 21.5. The first-order chi connectivity index (χ1) is 16.2. The molecule has 0 bridgehead atoms. The monoisotopic (exact) mass is 586 g/mol. The quantitative estimate of drug-likeness (QED) is 0.200. The largest absolute Gasteiger partial charge is 0.449 e. The van der Waals surface area contributed by atoms with Gasteiger partial charge in [0.2, 0.25) is 0 Å². The molecule has 0 saturated carbocycles.